The SMILES string of the molecule is Cc1ccc(S(=O)(=O)Nc2ccc(NC(=O)N[C@H](Cc3ccccc3)C(=O)NC3CCCCCC3)cc2)cc1. The van der Waals surface area contributed by atoms with E-state index in [-0.39, 0.29) is 16.8 Å². The van der Waals surface area contributed by atoms with Gasteiger partial charge in [-0.05, 0) is 61.7 Å². The fourth-order valence-corrected chi connectivity index (χ4v) is 5.72. The summed E-state index contributed by atoms with van der Waals surface area (Å²) in [6.45, 7) is 1.89. The van der Waals surface area contributed by atoms with Gasteiger partial charge < -0.3 is 16.0 Å². The Morgan fingerprint density at radius 2 is 1.44 bits per heavy atom. The molecule has 1 fully saturated rings. The normalized spacial score (nSPS) is 15.0. The first kappa shape index (κ1) is 28.2. The first-order valence-corrected chi connectivity index (χ1v) is 14.9. The molecule has 206 valence electrons. The van der Waals surface area contributed by atoms with Gasteiger partial charge in [0.25, 0.3) is 10.0 Å². The predicted octanol–water partition coefficient (Wildman–Crippen LogP) is 5.37. The molecule has 0 heterocycles. The number of hydrogen-bond acceptors (Lipinski definition) is 4. The molecule has 1 aliphatic carbocycles. The lowest BCUT2D eigenvalue weighted by molar-refractivity contribution is -0.123. The Hall–Kier alpha value is -3.85. The Bertz CT molecular complexity index is 1340. The maximum atomic E-state index is 13.2. The molecule has 0 unspecified atom stereocenters. The van der Waals surface area contributed by atoms with E-state index < -0.39 is 22.1 Å². The summed E-state index contributed by atoms with van der Waals surface area (Å²) in [5.74, 6) is -0.193. The molecule has 0 radical (unpaired) electrons. The van der Waals surface area contributed by atoms with Crippen molar-refractivity contribution >= 4 is 33.3 Å². The van der Waals surface area contributed by atoms with Crippen molar-refractivity contribution in [2.75, 3.05) is 10.0 Å². The average molecular weight is 549 g/mol. The number of aryl methyl sites for hydroxylation is 1. The molecule has 39 heavy (non-hydrogen) atoms. The van der Waals surface area contributed by atoms with Gasteiger partial charge in [0.15, 0.2) is 0 Å². The highest BCUT2D eigenvalue weighted by Gasteiger charge is 2.24. The van der Waals surface area contributed by atoms with E-state index in [0.717, 1.165) is 36.8 Å². The van der Waals surface area contributed by atoms with Crippen molar-refractivity contribution in [1.82, 2.24) is 10.6 Å². The molecular weight excluding hydrogens is 512 g/mol. The summed E-state index contributed by atoms with van der Waals surface area (Å²) >= 11 is 0. The molecule has 4 rings (SSSR count). The zero-order valence-corrected chi connectivity index (χ0v) is 23.0. The number of amides is 3. The van der Waals surface area contributed by atoms with Crippen LogP contribution in [0.15, 0.2) is 83.8 Å². The molecule has 0 aliphatic heterocycles. The van der Waals surface area contributed by atoms with Gasteiger partial charge >= 0.3 is 6.03 Å². The summed E-state index contributed by atoms with van der Waals surface area (Å²) in [6, 6.07) is 21.4. The van der Waals surface area contributed by atoms with Crippen LogP contribution in [0.3, 0.4) is 0 Å². The Labute approximate surface area is 230 Å². The number of hydrogen-bond donors (Lipinski definition) is 4. The minimum atomic E-state index is -3.73. The van der Waals surface area contributed by atoms with Crippen LogP contribution in [0.2, 0.25) is 0 Å². The fourth-order valence-electron chi connectivity index (χ4n) is 4.66. The van der Waals surface area contributed by atoms with E-state index in [9.17, 15) is 18.0 Å². The monoisotopic (exact) mass is 548 g/mol. The number of nitrogens with one attached hydrogen (secondary N) is 4. The molecule has 9 heteroatoms. The highest BCUT2D eigenvalue weighted by atomic mass is 32.2. The average Bonchev–Trinajstić information content (AvgIpc) is 3.19. The van der Waals surface area contributed by atoms with Crippen molar-refractivity contribution in [2.24, 2.45) is 0 Å². The largest absolute Gasteiger partial charge is 0.352 e. The third-order valence-corrected chi connectivity index (χ3v) is 8.23. The highest BCUT2D eigenvalue weighted by Crippen LogP contribution is 2.20. The van der Waals surface area contributed by atoms with E-state index in [1.54, 1.807) is 48.5 Å². The molecule has 8 nitrogen and oxygen atoms in total. The van der Waals surface area contributed by atoms with Gasteiger partial charge in [-0.25, -0.2) is 13.2 Å². The van der Waals surface area contributed by atoms with Crippen molar-refractivity contribution < 1.29 is 18.0 Å². The molecule has 4 N–H and O–H groups in total. The van der Waals surface area contributed by atoms with Crippen molar-refractivity contribution in [3.63, 3.8) is 0 Å². The number of benzene rings is 3. The van der Waals surface area contributed by atoms with Gasteiger partial charge in [-0.2, -0.15) is 0 Å². The van der Waals surface area contributed by atoms with Crippen molar-refractivity contribution in [2.45, 2.75) is 68.8 Å². The maximum Gasteiger partial charge on any atom is 0.319 e. The first-order chi connectivity index (χ1) is 18.8. The van der Waals surface area contributed by atoms with Crippen LogP contribution in [0.1, 0.15) is 49.7 Å². The summed E-state index contributed by atoms with van der Waals surface area (Å²) in [6.07, 6.45) is 6.84. The zero-order valence-electron chi connectivity index (χ0n) is 22.2. The van der Waals surface area contributed by atoms with Crippen LogP contribution in [-0.2, 0) is 21.2 Å². The molecule has 3 aromatic rings. The molecule has 1 aliphatic rings. The number of sulfonamides is 1. The number of carbonyl (C=O) groups excluding carboxylic acids is 2. The van der Waals surface area contributed by atoms with E-state index in [2.05, 4.69) is 20.7 Å². The van der Waals surface area contributed by atoms with Crippen LogP contribution in [-0.4, -0.2) is 32.4 Å². The van der Waals surface area contributed by atoms with Crippen LogP contribution in [0.25, 0.3) is 0 Å². The van der Waals surface area contributed by atoms with Gasteiger partial charge in [-0.15, -0.1) is 0 Å². The summed E-state index contributed by atoms with van der Waals surface area (Å²) < 4.78 is 27.8. The zero-order chi connectivity index (χ0) is 27.7. The van der Waals surface area contributed by atoms with E-state index in [1.165, 1.54) is 12.8 Å². The summed E-state index contributed by atoms with van der Waals surface area (Å²) in [5.41, 5.74) is 2.75. The quantitative estimate of drug-likeness (QED) is 0.269. The molecule has 1 saturated carbocycles. The van der Waals surface area contributed by atoms with Crippen LogP contribution < -0.4 is 20.7 Å². The minimum absolute atomic E-state index is 0.124. The van der Waals surface area contributed by atoms with E-state index in [0.29, 0.717) is 17.8 Å². The Morgan fingerprint density at radius 1 is 0.821 bits per heavy atom. The number of anilines is 2. The molecule has 0 spiro atoms. The molecular formula is C30H36N4O4S. The topological polar surface area (TPSA) is 116 Å². The van der Waals surface area contributed by atoms with Crippen molar-refractivity contribution in [3.8, 4) is 0 Å². The molecule has 0 aromatic heterocycles. The van der Waals surface area contributed by atoms with Gasteiger partial charge in [0.2, 0.25) is 5.91 Å². The molecule has 0 bridgehead atoms. The lowest BCUT2D eigenvalue weighted by Gasteiger charge is -2.23. The van der Waals surface area contributed by atoms with Gasteiger partial charge in [-0.3, -0.25) is 9.52 Å². The highest BCUT2D eigenvalue weighted by molar-refractivity contribution is 7.92. The van der Waals surface area contributed by atoms with Crippen LogP contribution >= 0.6 is 0 Å². The Kier molecular flexibility index (Phi) is 9.59. The van der Waals surface area contributed by atoms with E-state index in [1.807, 2.05) is 37.3 Å². The molecule has 0 saturated heterocycles. The Morgan fingerprint density at radius 3 is 2.08 bits per heavy atom. The predicted molar refractivity (Wildman–Crippen MR) is 154 cm³/mol. The second-order valence-electron chi connectivity index (χ2n) is 10.0. The van der Waals surface area contributed by atoms with E-state index >= 15 is 0 Å². The van der Waals surface area contributed by atoms with Crippen LogP contribution in [0.4, 0.5) is 16.2 Å². The summed E-state index contributed by atoms with van der Waals surface area (Å²) in [4.78, 5) is 26.3. The fraction of sp³-hybridized carbons (Fsp3) is 0.333. The maximum absolute atomic E-state index is 13.2. The van der Waals surface area contributed by atoms with Gasteiger partial charge in [-0.1, -0.05) is 73.7 Å². The third kappa shape index (κ3) is 8.58. The number of rotatable bonds is 9. The molecule has 3 amide bonds. The van der Waals surface area contributed by atoms with E-state index in [4.69, 9.17) is 0 Å². The summed E-state index contributed by atoms with van der Waals surface area (Å²) in [5, 5.41) is 8.72. The van der Waals surface area contributed by atoms with Crippen molar-refractivity contribution in [1.29, 1.82) is 0 Å². The van der Waals surface area contributed by atoms with Crippen LogP contribution in [0, 0.1) is 6.92 Å². The lowest BCUT2D eigenvalue weighted by atomic mass is 10.0. The van der Waals surface area contributed by atoms with Crippen molar-refractivity contribution in [3.05, 3.63) is 90.0 Å². The third-order valence-electron chi connectivity index (χ3n) is 6.83. The summed E-state index contributed by atoms with van der Waals surface area (Å²) in [7, 11) is -3.73. The van der Waals surface area contributed by atoms with Crippen LogP contribution in [0.5, 0.6) is 0 Å². The van der Waals surface area contributed by atoms with Gasteiger partial charge in [0.05, 0.1) is 4.90 Å². The minimum Gasteiger partial charge on any atom is -0.352 e. The standard InChI is InChI=1S/C30H36N4O4S/c1-22-13-19-27(20-14-22)39(37,38)34-26-17-15-25(16-18-26)32-30(36)33-28(21-23-9-5-4-6-10-23)29(35)31-24-11-7-2-3-8-12-24/h4-6,9-10,13-20,24,28,34H,2-3,7-8,11-12,21H2,1H3,(H,31,35)(H2,32,33,36)/t28-/m1/s1. The molecule has 1 atom stereocenters. The number of urea groups is 1. The Balaban J connectivity index is 1.38. The smallest absolute Gasteiger partial charge is 0.319 e. The first-order valence-electron chi connectivity index (χ1n) is 13.4. The van der Waals surface area contributed by atoms with Gasteiger partial charge in [0, 0.05) is 23.8 Å². The van der Waals surface area contributed by atoms with Gasteiger partial charge in [0.1, 0.15) is 6.04 Å². The second kappa shape index (κ2) is 13.3. The molecule has 3 aromatic carbocycles. The second-order valence-corrected chi connectivity index (χ2v) is 11.7. The lowest BCUT2D eigenvalue weighted by Crippen LogP contribution is -2.51. The number of carbonyl (C=O) groups is 2.